The zero-order valence-electron chi connectivity index (χ0n) is 12.8. The molecule has 1 fully saturated rings. The molecular weight excluding hydrogens is 248 g/mol. The lowest BCUT2D eigenvalue weighted by atomic mass is 9.98. The topological polar surface area (TPSA) is 18.5 Å². The maximum Gasteiger partial charge on any atom is 0.172 e. The van der Waals surface area contributed by atoms with Crippen molar-refractivity contribution >= 4 is 0 Å². The van der Waals surface area contributed by atoms with Crippen molar-refractivity contribution in [3.8, 4) is 0 Å². The van der Waals surface area contributed by atoms with Gasteiger partial charge < -0.3 is 9.47 Å². The molecule has 0 radical (unpaired) electrons. The first-order valence-corrected chi connectivity index (χ1v) is 8.16. The van der Waals surface area contributed by atoms with Gasteiger partial charge in [-0.3, -0.25) is 0 Å². The molecule has 1 saturated heterocycles. The first kappa shape index (κ1) is 15.5. The van der Waals surface area contributed by atoms with Gasteiger partial charge in [-0.1, -0.05) is 69.4 Å². The van der Waals surface area contributed by atoms with Gasteiger partial charge in [-0.2, -0.15) is 0 Å². The molecular formula is C18H28O2. The summed E-state index contributed by atoms with van der Waals surface area (Å²) in [7, 11) is 0. The lowest BCUT2D eigenvalue weighted by Gasteiger charge is -2.27. The monoisotopic (exact) mass is 276 g/mol. The summed E-state index contributed by atoms with van der Waals surface area (Å²) >= 11 is 0. The smallest absolute Gasteiger partial charge is 0.172 e. The standard InChI is InChI=1S/C18H28O2/c1-2-3-4-5-6-10-13-18(19-14-15-20-18)16-17-11-8-7-9-12-17/h7-9,11-12H,2-6,10,13-16H2,1H3. The number of hydrogen-bond donors (Lipinski definition) is 0. The quantitative estimate of drug-likeness (QED) is 0.607. The Kier molecular flexibility index (Phi) is 6.55. The minimum Gasteiger partial charge on any atom is -0.347 e. The van der Waals surface area contributed by atoms with Gasteiger partial charge in [0.2, 0.25) is 0 Å². The van der Waals surface area contributed by atoms with Crippen LogP contribution in [0, 0.1) is 0 Å². The molecule has 0 bridgehead atoms. The van der Waals surface area contributed by atoms with Gasteiger partial charge in [-0.15, -0.1) is 0 Å². The molecule has 1 aromatic rings. The molecule has 2 rings (SSSR count). The lowest BCUT2D eigenvalue weighted by Crippen LogP contribution is -2.32. The Hall–Kier alpha value is -0.860. The van der Waals surface area contributed by atoms with E-state index >= 15 is 0 Å². The second-order valence-corrected chi connectivity index (χ2v) is 5.79. The molecule has 2 heteroatoms. The van der Waals surface area contributed by atoms with E-state index in [-0.39, 0.29) is 5.79 Å². The predicted molar refractivity (Wildman–Crippen MR) is 82.8 cm³/mol. The van der Waals surface area contributed by atoms with Crippen LogP contribution in [-0.2, 0) is 15.9 Å². The molecule has 0 unspecified atom stereocenters. The third kappa shape index (κ3) is 4.92. The summed E-state index contributed by atoms with van der Waals surface area (Å²) in [5, 5.41) is 0. The van der Waals surface area contributed by atoms with Gasteiger partial charge in [0.25, 0.3) is 0 Å². The Morgan fingerprint density at radius 1 is 0.900 bits per heavy atom. The van der Waals surface area contributed by atoms with Crippen LogP contribution in [0.15, 0.2) is 30.3 Å². The maximum atomic E-state index is 5.95. The van der Waals surface area contributed by atoms with Crippen molar-refractivity contribution in [3.63, 3.8) is 0 Å². The second kappa shape index (κ2) is 8.43. The molecule has 1 aliphatic heterocycles. The van der Waals surface area contributed by atoms with Crippen molar-refractivity contribution in [2.45, 2.75) is 64.1 Å². The average Bonchev–Trinajstić information content (AvgIpc) is 2.92. The second-order valence-electron chi connectivity index (χ2n) is 5.79. The number of benzene rings is 1. The van der Waals surface area contributed by atoms with Gasteiger partial charge in [-0.05, 0) is 12.0 Å². The van der Waals surface area contributed by atoms with E-state index in [2.05, 4.69) is 37.3 Å². The van der Waals surface area contributed by atoms with Crippen molar-refractivity contribution in [1.29, 1.82) is 0 Å². The highest BCUT2D eigenvalue weighted by atomic mass is 16.7. The molecule has 1 aliphatic rings. The van der Waals surface area contributed by atoms with E-state index < -0.39 is 0 Å². The fourth-order valence-electron chi connectivity index (χ4n) is 2.91. The highest BCUT2D eigenvalue weighted by molar-refractivity contribution is 5.16. The summed E-state index contributed by atoms with van der Waals surface area (Å²) in [6.07, 6.45) is 9.78. The number of rotatable bonds is 9. The maximum absolute atomic E-state index is 5.95. The fraction of sp³-hybridized carbons (Fsp3) is 0.667. The summed E-state index contributed by atoms with van der Waals surface area (Å²) < 4.78 is 11.9. The van der Waals surface area contributed by atoms with Crippen molar-refractivity contribution in [1.82, 2.24) is 0 Å². The van der Waals surface area contributed by atoms with Crippen LogP contribution in [0.1, 0.15) is 57.4 Å². The molecule has 112 valence electrons. The molecule has 0 aliphatic carbocycles. The molecule has 0 N–H and O–H groups in total. The van der Waals surface area contributed by atoms with Crippen LogP contribution in [-0.4, -0.2) is 19.0 Å². The van der Waals surface area contributed by atoms with E-state index in [1.54, 1.807) is 0 Å². The minimum atomic E-state index is -0.355. The Morgan fingerprint density at radius 3 is 2.25 bits per heavy atom. The molecule has 2 nitrogen and oxygen atoms in total. The molecule has 1 heterocycles. The highest BCUT2D eigenvalue weighted by Crippen LogP contribution is 2.30. The summed E-state index contributed by atoms with van der Waals surface area (Å²) in [5.41, 5.74) is 1.31. The molecule has 0 spiro atoms. The first-order chi connectivity index (χ1) is 9.85. The van der Waals surface area contributed by atoms with Gasteiger partial charge >= 0.3 is 0 Å². The van der Waals surface area contributed by atoms with Gasteiger partial charge in [0, 0.05) is 12.8 Å². The normalized spacial score (nSPS) is 17.4. The van der Waals surface area contributed by atoms with Gasteiger partial charge in [0.05, 0.1) is 13.2 Å². The van der Waals surface area contributed by atoms with Crippen LogP contribution in [0.3, 0.4) is 0 Å². The number of unbranched alkanes of at least 4 members (excludes halogenated alkanes) is 5. The van der Waals surface area contributed by atoms with Crippen molar-refractivity contribution in [2.24, 2.45) is 0 Å². The fourth-order valence-corrected chi connectivity index (χ4v) is 2.91. The van der Waals surface area contributed by atoms with Crippen LogP contribution in [0.4, 0.5) is 0 Å². The zero-order valence-corrected chi connectivity index (χ0v) is 12.8. The van der Waals surface area contributed by atoms with Crippen LogP contribution >= 0.6 is 0 Å². The molecule has 1 aromatic carbocycles. The third-order valence-corrected chi connectivity index (χ3v) is 4.04. The molecule has 0 aromatic heterocycles. The number of ether oxygens (including phenoxy) is 2. The van der Waals surface area contributed by atoms with E-state index in [0.29, 0.717) is 0 Å². The van der Waals surface area contributed by atoms with Crippen LogP contribution in [0.25, 0.3) is 0 Å². The summed E-state index contributed by atoms with van der Waals surface area (Å²) in [6.45, 7) is 3.74. The Balaban J connectivity index is 1.77. The highest BCUT2D eigenvalue weighted by Gasteiger charge is 2.35. The van der Waals surface area contributed by atoms with E-state index in [0.717, 1.165) is 26.1 Å². The lowest BCUT2D eigenvalue weighted by molar-refractivity contribution is -0.161. The molecule has 0 saturated carbocycles. The average molecular weight is 276 g/mol. The largest absolute Gasteiger partial charge is 0.347 e. The van der Waals surface area contributed by atoms with Crippen molar-refractivity contribution in [2.75, 3.05) is 13.2 Å². The predicted octanol–water partition coefficient (Wildman–Crippen LogP) is 4.72. The summed E-state index contributed by atoms with van der Waals surface area (Å²) in [4.78, 5) is 0. The van der Waals surface area contributed by atoms with E-state index in [1.165, 1.54) is 44.1 Å². The van der Waals surface area contributed by atoms with Crippen LogP contribution < -0.4 is 0 Å². The van der Waals surface area contributed by atoms with Crippen LogP contribution in [0.5, 0.6) is 0 Å². The van der Waals surface area contributed by atoms with Gasteiger partial charge in [0.15, 0.2) is 5.79 Å². The van der Waals surface area contributed by atoms with E-state index in [1.807, 2.05) is 0 Å². The number of hydrogen-bond acceptors (Lipinski definition) is 2. The Labute approximate surface area is 123 Å². The zero-order chi connectivity index (χ0) is 14.1. The first-order valence-electron chi connectivity index (χ1n) is 8.16. The molecule has 0 amide bonds. The minimum absolute atomic E-state index is 0.355. The molecule has 20 heavy (non-hydrogen) atoms. The van der Waals surface area contributed by atoms with Crippen molar-refractivity contribution in [3.05, 3.63) is 35.9 Å². The van der Waals surface area contributed by atoms with Gasteiger partial charge in [-0.25, -0.2) is 0 Å². The Bertz CT molecular complexity index is 355. The van der Waals surface area contributed by atoms with E-state index in [4.69, 9.17) is 9.47 Å². The molecule has 0 atom stereocenters. The summed E-state index contributed by atoms with van der Waals surface area (Å²) in [5.74, 6) is -0.355. The van der Waals surface area contributed by atoms with E-state index in [9.17, 15) is 0 Å². The van der Waals surface area contributed by atoms with Crippen molar-refractivity contribution < 1.29 is 9.47 Å². The van der Waals surface area contributed by atoms with Gasteiger partial charge in [0.1, 0.15) is 0 Å². The van der Waals surface area contributed by atoms with Crippen LogP contribution in [0.2, 0.25) is 0 Å². The SMILES string of the molecule is CCCCCCCCC1(Cc2ccccc2)OCCO1. The third-order valence-electron chi connectivity index (χ3n) is 4.04. The Morgan fingerprint density at radius 2 is 1.55 bits per heavy atom. The summed E-state index contributed by atoms with van der Waals surface area (Å²) in [6, 6.07) is 10.5.